The van der Waals surface area contributed by atoms with Crippen LogP contribution in [-0.2, 0) is 21.8 Å². The third-order valence-corrected chi connectivity index (χ3v) is 7.63. The lowest BCUT2D eigenvalue weighted by molar-refractivity contribution is 0.0938. The van der Waals surface area contributed by atoms with Gasteiger partial charge in [-0.15, -0.1) is 0 Å². The summed E-state index contributed by atoms with van der Waals surface area (Å²) in [6, 6.07) is 15.0. The normalized spacial score (nSPS) is 12.2. The van der Waals surface area contributed by atoms with Crippen molar-refractivity contribution in [1.82, 2.24) is 15.6 Å². The molecule has 0 atom stereocenters. The van der Waals surface area contributed by atoms with Crippen LogP contribution in [0.25, 0.3) is 11.1 Å². The lowest BCUT2D eigenvalue weighted by atomic mass is 9.85. The molecule has 0 saturated carbocycles. The van der Waals surface area contributed by atoms with Crippen LogP contribution in [0.1, 0.15) is 79.1 Å². The zero-order valence-corrected chi connectivity index (χ0v) is 26.8. The molecule has 3 aromatic rings. The number of nitrogens with one attached hydrogen (secondary N) is 3. The predicted octanol–water partition coefficient (Wildman–Crippen LogP) is 5.52. The van der Waals surface area contributed by atoms with Gasteiger partial charge in [0.05, 0.1) is 17.6 Å². The molecule has 0 aliphatic heterocycles. The maximum absolute atomic E-state index is 13.4. The molecule has 0 bridgehead atoms. The number of aryl methyl sites for hydroxylation is 1. The number of carbonyl (C=O) groups is 2. The molecule has 0 fully saturated rings. The lowest BCUT2D eigenvalue weighted by Crippen LogP contribution is -2.32. The van der Waals surface area contributed by atoms with E-state index < -0.39 is 9.84 Å². The average molecular weight is 593 g/mol. The van der Waals surface area contributed by atoms with Gasteiger partial charge >= 0.3 is 0 Å². The Morgan fingerprint density at radius 3 is 2.14 bits per heavy atom. The molecule has 0 saturated heterocycles. The smallest absolute Gasteiger partial charge is 0.255 e. The van der Waals surface area contributed by atoms with Gasteiger partial charge in [-0.1, -0.05) is 59.7 Å². The van der Waals surface area contributed by atoms with Crippen LogP contribution in [0.5, 0.6) is 0 Å². The fourth-order valence-corrected chi connectivity index (χ4v) is 4.71. The highest BCUT2D eigenvalue weighted by Crippen LogP contribution is 2.28. The van der Waals surface area contributed by atoms with Crippen molar-refractivity contribution in [3.63, 3.8) is 0 Å². The van der Waals surface area contributed by atoms with Crippen molar-refractivity contribution >= 4 is 27.3 Å². The maximum Gasteiger partial charge on any atom is 0.255 e. The number of anilines is 1. The van der Waals surface area contributed by atoms with E-state index in [4.69, 9.17) is 0 Å². The highest BCUT2D eigenvalue weighted by Gasteiger charge is 2.19. The first-order valence-electron chi connectivity index (χ1n) is 14.1. The third-order valence-electron chi connectivity index (χ3n) is 6.68. The molecule has 0 aliphatic carbocycles. The standard InChI is InChI=1S/C33H44N4O4S/c1-22-29(24-9-11-25(12-10-24)30(38)36-21-32(2,3)4)18-28(20-35-22)37-31(39)26-15-23(16-27(17-26)33(5,6)7)19-34-13-14-42(8,40)41/h9-12,15-18,20,34H,13-14,19,21H2,1-8H3,(H,36,38)(H,37,39). The van der Waals surface area contributed by atoms with Crippen LogP contribution in [-0.4, -0.2) is 50.3 Å². The van der Waals surface area contributed by atoms with Crippen LogP contribution in [0.4, 0.5) is 5.69 Å². The molecule has 2 aromatic carbocycles. The monoisotopic (exact) mass is 592 g/mol. The van der Waals surface area contributed by atoms with Crippen molar-refractivity contribution in [3.8, 4) is 11.1 Å². The number of amides is 2. The number of aromatic nitrogens is 1. The van der Waals surface area contributed by atoms with Crippen LogP contribution >= 0.6 is 0 Å². The molecular formula is C33H44N4O4S. The molecule has 2 amide bonds. The fraction of sp³-hybridized carbons (Fsp3) is 0.424. The Kier molecular flexibility index (Phi) is 10.3. The van der Waals surface area contributed by atoms with E-state index in [0.29, 0.717) is 36.4 Å². The molecule has 9 heteroatoms. The average Bonchev–Trinajstić information content (AvgIpc) is 2.89. The molecule has 1 heterocycles. The largest absolute Gasteiger partial charge is 0.352 e. The molecular weight excluding hydrogens is 548 g/mol. The predicted molar refractivity (Wildman–Crippen MR) is 171 cm³/mol. The van der Waals surface area contributed by atoms with Gasteiger partial charge in [-0.2, -0.15) is 0 Å². The molecule has 8 nitrogen and oxygen atoms in total. The van der Waals surface area contributed by atoms with Gasteiger partial charge in [0, 0.05) is 48.3 Å². The van der Waals surface area contributed by atoms with Gasteiger partial charge in [-0.25, -0.2) is 8.42 Å². The van der Waals surface area contributed by atoms with Crippen molar-refractivity contribution in [1.29, 1.82) is 0 Å². The molecule has 3 rings (SSSR count). The van der Waals surface area contributed by atoms with Crippen LogP contribution in [0.15, 0.2) is 54.7 Å². The minimum absolute atomic E-state index is 0.00418. The van der Waals surface area contributed by atoms with E-state index in [1.54, 1.807) is 18.3 Å². The summed E-state index contributed by atoms with van der Waals surface area (Å²) in [6.07, 6.45) is 2.84. The van der Waals surface area contributed by atoms with Gasteiger partial charge < -0.3 is 16.0 Å². The van der Waals surface area contributed by atoms with E-state index in [0.717, 1.165) is 27.9 Å². The summed E-state index contributed by atoms with van der Waals surface area (Å²) >= 11 is 0. The number of carbonyl (C=O) groups excluding carboxylic acids is 2. The second kappa shape index (κ2) is 13.2. The Hall–Kier alpha value is -3.56. The van der Waals surface area contributed by atoms with Crippen molar-refractivity contribution in [2.75, 3.05) is 30.4 Å². The zero-order valence-electron chi connectivity index (χ0n) is 26.0. The summed E-state index contributed by atoms with van der Waals surface area (Å²) in [5.74, 6) is -0.328. The summed E-state index contributed by atoms with van der Waals surface area (Å²) in [6.45, 7) is 15.7. The number of hydrogen-bond acceptors (Lipinski definition) is 6. The molecule has 0 spiro atoms. The Morgan fingerprint density at radius 2 is 1.55 bits per heavy atom. The first-order chi connectivity index (χ1) is 19.4. The zero-order chi connectivity index (χ0) is 31.3. The first kappa shape index (κ1) is 32.9. The number of hydrogen-bond donors (Lipinski definition) is 3. The van der Waals surface area contributed by atoms with E-state index in [1.807, 2.05) is 43.3 Å². The summed E-state index contributed by atoms with van der Waals surface area (Å²) in [7, 11) is -3.06. The van der Waals surface area contributed by atoms with Gasteiger partial charge in [-0.05, 0) is 64.8 Å². The molecule has 3 N–H and O–H groups in total. The minimum Gasteiger partial charge on any atom is -0.352 e. The highest BCUT2D eigenvalue weighted by molar-refractivity contribution is 7.90. The summed E-state index contributed by atoms with van der Waals surface area (Å²) in [4.78, 5) is 30.5. The molecule has 0 radical (unpaired) electrons. The summed E-state index contributed by atoms with van der Waals surface area (Å²) in [5, 5.41) is 9.11. The number of pyridine rings is 1. The first-order valence-corrected chi connectivity index (χ1v) is 16.2. The van der Waals surface area contributed by atoms with E-state index in [9.17, 15) is 18.0 Å². The van der Waals surface area contributed by atoms with Crippen molar-refractivity contribution < 1.29 is 18.0 Å². The second-order valence-corrected chi connectivity index (χ2v) is 15.4. The van der Waals surface area contributed by atoms with E-state index in [1.165, 1.54) is 6.26 Å². The van der Waals surface area contributed by atoms with Crippen LogP contribution < -0.4 is 16.0 Å². The van der Waals surface area contributed by atoms with Gasteiger partial charge in [0.15, 0.2) is 0 Å². The van der Waals surface area contributed by atoms with Gasteiger partial charge in [0.25, 0.3) is 11.8 Å². The van der Waals surface area contributed by atoms with Gasteiger partial charge in [0.1, 0.15) is 9.84 Å². The topological polar surface area (TPSA) is 117 Å². The number of benzene rings is 2. The number of sulfone groups is 1. The summed E-state index contributed by atoms with van der Waals surface area (Å²) < 4.78 is 22.9. The van der Waals surface area contributed by atoms with Crippen molar-refractivity contribution in [3.05, 3.63) is 82.7 Å². The quantitative estimate of drug-likeness (QED) is 0.267. The minimum atomic E-state index is -3.06. The second-order valence-electron chi connectivity index (χ2n) is 13.1. The lowest BCUT2D eigenvalue weighted by Gasteiger charge is -2.21. The van der Waals surface area contributed by atoms with E-state index >= 15 is 0 Å². The maximum atomic E-state index is 13.4. The number of nitrogens with zero attached hydrogens (tertiary/aromatic N) is 1. The number of rotatable bonds is 10. The van der Waals surface area contributed by atoms with Crippen molar-refractivity contribution in [2.24, 2.45) is 5.41 Å². The fourth-order valence-electron chi connectivity index (χ4n) is 4.19. The van der Waals surface area contributed by atoms with Crippen molar-refractivity contribution in [2.45, 2.75) is 60.4 Å². The van der Waals surface area contributed by atoms with E-state index in [-0.39, 0.29) is 28.4 Å². The SMILES string of the molecule is Cc1ncc(NC(=O)c2cc(CNCCS(C)(=O)=O)cc(C(C)(C)C)c2)cc1-c1ccc(C(=O)NCC(C)(C)C)cc1. The Morgan fingerprint density at radius 1 is 0.881 bits per heavy atom. The molecule has 42 heavy (non-hydrogen) atoms. The van der Waals surface area contributed by atoms with Gasteiger partial charge in [-0.3, -0.25) is 14.6 Å². The summed E-state index contributed by atoms with van der Waals surface area (Å²) in [5.41, 5.74) is 5.90. The molecule has 226 valence electrons. The van der Waals surface area contributed by atoms with E-state index in [2.05, 4.69) is 62.5 Å². The Bertz CT molecular complexity index is 1530. The van der Waals surface area contributed by atoms with Gasteiger partial charge in [0.2, 0.25) is 0 Å². The Balaban J connectivity index is 1.79. The third kappa shape index (κ3) is 10.1. The Labute approximate surface area is 250 Å². The highest BCUT2D eigenvalue weighted by atomic mass is 32.2. The molecule has 0 aliphatic rings. The van der Waals surface area contributed by atoms with Crippen LogP contribution in [0.3, 0.4) is 0 Å². The molecule has 1 aromatic heterocycles. The van der Waals surface area contributed by atoms with Crippen LogP contribution in [0, 0.1) is 12.3 Å². The molecule has 0 unspecified atom stereocenters. The van der Waals surface area contributed by atoms with Crippen LogP contribution in [0.2, 0.25) is 0 Å².